The molecule has 1 aliphatic carbocycles. The molecule has 1 aromatic carbocycles. The molecular formula is C29H33ClFN5O3. The van der Waals surface area contributed by atoms with Crippen molar-refractivity contribution in [2.75, 3.05) is 19.1 Å². The van der Waals surface area contributed by atoms with Crippen molar-refractivity contribution in [1.82, 2.24) is 9.55 Å². The van der Waals surface area contributed by atoms with Gasteiger partial charge in [0.2, 0.25) is 0 Å². The Balaban J connectivity index is 1.67. The highest BCUT2D eigenvalue weighted by molar-refractivity contribution is 6.29. The Labute approximate surface area is 232 Å². The molecule has 0 bridgehead atoms. The Morgan fingerprint density at radius 1 is 1.23 bits per heavy atom. The average molecular weight is 554 g/mol. The summed E-state index contributed by atoms with van der Waals surface area (Å²) >= 11 is 6.22. The minimum Gasteiger partial charge on any atom is -0.496 e. The van der Waals surface area contributed by atoms with Gasteiger partial charge in [0.15, 0.2) is 0 Å². The number of fused-ring (bicyclic) bond motifs is 1. The first-order valence-electron chi connectivity index (χ1n) is 12.9. The first kappa shape index (κ1) is 28.4. The van der Waals surface area contributed by atoms with Gasteiger partial charge in [-0.2, -0.15) is 5.26 Å². The van der Waals surface area contributed by atoms with Gasteiger partial charge in [0.05, 0.1) is 24.0 Å². The molecular weight excluding hydrogens is 521 g/mol. The van der Waals surface area contributed by atoms with Crippen LogP contribution in [0.5, 0.6) is 5.75 Å². The summed E-state index contributed by atoms with van der Waals surface area (Å²) in [6, 6.07) is 9.94. The lowest BCUT2D eigenvalue weighted by molar-refractivity contribution is -0.0000575. The number of aryl methyl sites for hydroxylation is 1. The summed E-state index contributed by atoms with van der Waals surface area (Å²) in [5.74, 6) is 0.0544. The van der Waals surface area contributed by atoms with Gasteiger partial charge < -0.3 is 19.0 Å². The van der Waals surface area contributed by atoms with Crippen LogP contribution in [0.15, 0.2) is 40.3 Å². The van der Waals surface area contributed by atoms with Gasteiger partial charge in [-0.3, -0.25) is 4.79 Å². The van der Waals surface area contributed by atoms with Gasteiger partial charge >= 0.3 is 0 Å². The first-order chi connectivity index (χ1) is 18.4. The molecule has 2 heterocycles. The molecule has 1 saturated carbocycles. The molecule has 4 rings (SSSR count). The van der Waals surface area contributed by atoms with Crippen LogP contribution in [0.3, 0.4) is 0 Å². The molecule has 1 aliphatic rings. The number of pyridine rings is 2. The van der Waals surface area contributed by atoms with Gasteiger partial charge in [0, 0.05) is 37.7 Å². The van der Waals surface area contributed by atoms with E-state index in [0.717, 1.165) is 25.7 Å². The van der Waals surface area contributed by atoms with Crippen molar-refractivity contribution in [3.63, 3.8) is 0 Å². The lowest BCUT2D eigenvalue weighted by atomic mass is 9.80. The van der Waals surface area contributed by atoms with Crippen LogP contribution >= 0.6 is 11.6 Å². The number of anilines is 1. The molecule has 0 N–H and O–H groups in total. The summed E-state index contributed by atoms with van der Waals surface area (Å²) in [5, 5.41) is 14.7. The van der Waals surface area contributed by atoms with E-state index in [4.69, 9.17) is 21.2 Å². The van der Waals surface area contributed by atoms with Crippen LogP contribution < -0.4 is 15.2 Å². The number of oxime groups is 1. The fourth-order valence-corrected chi connectivity index (χ4v) is 5.29. The first-order valence-corrected chi connectivity index (χ1v) is 13.2. The number of halogens is 2. The second kappa shape index (κ2) is 11.2. The molecule has 2 aromatic heterocycles. The fourth-order valence-electron chi connectivity index (χ4n) is 5.14. The highest BCUT2D eigenvalue weighted by Crippen LogP contribution is 2.37. The van der Waals surface area contributed by atoms with Crippen LogP contribution in [0.4, 0.5) is 10.1 Å². The van der Waals surface area contributed by atoms with Crippen LogP contribution in [-0.2, 0) is 11.9 Å². The van der Waals surface area contributed by atoms with Gasteiger partial charge in [-0.15, -0.1) is 0 Å². The van der Waals surface area contributed by atoms with Crippen LogP contribution in [0.2, 0.25) is 5.15 Å². The van der Waals surface area contributed by atoms with E-state index >= 15 is 0 Å². The van der Waals surface area contributed by atoms with Gasteiger partial charge in [0.25, 0.3) is 5.56 Å². The third-order valence-corrected chi connectivity index (χ3v) is 7.34. The number of rotatable bonds is 6. The van der Waals surface area contributed by atoms with Crippen molar-refractivity contribution in [2.24, 2.45) is 18.1 Å². The third-order valence-electron chi connectivity index (χ3n) is 7.13. The van der Waals surface area contributed by atoms with Crippen LogP contribution in [-0.4, -0.2) is 41.1 Å². The molecule has 0 unspecified atom stereocenters. The number of hydrogen-bond acceptors (Lipinski definition) is 7. The molecule has 39 heavy (non-hydrogen) atoms. The van der Waals surface area contributed by atoms with E-state index < -0.39 is 5.60 Å². The molecule has 206 valence electrons. The van der Waals surface area contributed by atoms with E-state index in [1.807, 2.05) is 32.7 Å². The van der Waals surface area contributed by atoms with Crippen molar-refractivity contribution in [1.29, 1.82) is 5.26 Å². The molecule has 0 radical (unpaired) electrons. The summed E-state index contributed by atoms with van der Waals surface area (Å²) in [4.78, 5) is 25.3. The summed E-state index contributed by atoms with van der Waals surface area (Å²) in [7, 11) is 5.03. The zero-order valence-electron chi connectivity index (χ0n) is 23.1. The summed E-state index contributed by atoms with van der Waals surface area (Å²) in [5.41, 5.74) is 2.20. The number of nitriles is 1. The fraction of sp³-hybridized carbons (Fsp3) is 0.448. The number of aromatic nitrogens is 2. The molecule has 1 fully saturated rings. The highest BCUT2D eigenvalue weighted by atomic mass is 35.5. The van der Waals surface area contributed by atoms with Crippen molar-refractivity contribution in [2.45, 2.75) is 58.1 Å². The molecule has 3 aromatic rings. The summed E-state index contributed by atoms with van der Waals surface area (Å²) in [6.45, 7) is 5.76. The van der Waals surface area contributed by atoms with E-state index in [9.17, 15) is 14.4 Å². The van der Waals surface area contributed by atoms with Crippen LogP contribution in [0, 0.1) is 23.1 Å². The van der Waals surface area contributed by atoms with Crippen molar-refractivity contribution < 1.29 is 14.0 Å². The predicted molar refractivity (Wildman–Crippen MR) is 151 cm³/mol. The normalized spacial score (nSPS) is 18.1. The van der Waals surface area contributed by atoms with Gasteiger partial charge in [0.1, 0.15) is 39.5 Å². The largest absolute Gasteiger partial charge is 0.496 e. The third kappa shape index (κ3) is 5.86. The zero-order chi connectivity index (χ0) is 28.5. The van der Waals surface area contributed by atoms with Crippen LogP contribution in [0.25, 0.3) is 11.0 Å². The molecule has 0 saturated heterocycles. The maximum Gasteiger partial charge on any atom is 0.270 e. The lowest BCUT2D eigenvalue weighted by Gasteiger charge is -2.37. The quantitative estimate of drug-likeness (QED) is 0.217. The zero-order valence-corrected chi connectivity index (χ0v) is 23.8. The maximum atomic E-state index is 14.0. The SMILES string of the molecule is COc1cc(F)ccc1/C(=N\OC(C)(C)C)C1CCC(N(C)c2c(C#N)c(=O)n(C)c3ccc(Cl)nc23)CC1. The molecule has 0 aliphatic heterocycles. The smallest absolute Gasteiger partial charge is 0.270 e. The molecule has 0 atom stereocenters. The van der Waals surface area contributed by atoms with E-state index in [0.29, 0.717) is 33.7 Å². The molecule has 8 nitrogen and oxygen atoms in total. The maximum absolute atomic E-state index is 14.0. The van der Waals surface area contributed by atoms with E-state index in [1.165, 1.54) is 23.8 Å². The number of nitrogens with zero attached hydrogens (tertiary/aromatic N) is 5. The Bertz CT molecular complexity index is 1510. The van der Waals surface area contributed by atoms with E-state index in [1.54, 1.807) is 25.2 Å². The van der Waals surface area contributed by atoms with Crippen molar-refractivity contribution in [3.8, 4) is 11.8 Å². The number of methoxy groups -OCH3 is 1. The summed E-state index contributed by atoms with van der Waals surface area (Å²) < 4.78 is 20.9. The van der Waals surface area contributed by atoms with Gasteiger partial charge in [-0.1, -0.05) is 16.8 Å². The molecule has 0 spiro atoms. The standard InChI is InChI=1S/C29H33ClFN5O3/c1-29(2,3)39-34-25(20-12-9-18(31)15-23(20)38-6)17-7-10-19(11-8-17)35(4)27-21(16-32)28(37)36(5)22-13-14-24(30)33-26(22)27/h9,12-15,17,19H,7-8,10-11H2,1-6H3/b34-25-. The number of hydrogen-bond donors (Lipinski definition) is 0. The minimum atomic E-state index is -0.502. The van der Waals surface area contributed by atoms with E-state index in [2.05, 4.69) is 16.2 Å². The van der Waals surface area contributed by atoms with Gasteiger partial charge in [-0.05, 0) is 70.7 Å². The topological polar surface area (TPSA) is 92.7 Å². The summed E-state index contributed by atoms with van der Waals surface area (Å²) in [6.07, 6.45) is 3.06. The highest BCUT2D eigenvalue weighted by Gasteiger charge is 2.32. The second-order valence-corrected chi connectivity index (χ2v) is 11.2. The van der Waals surface area contributed by atoms with E-state index in [-0.39, 0.29) is 34.1 Å². The lowest BCUT2D eigenvalue weighted by Crippen LogP contribution is -2.39. The number of ether oxygens (including phenoxy) is 1. The van der Waals surface area contributed by atoms with Crippen molar-refractivity contribution in [3.05, 3.63) is 62.8 Å². The Morgan fingerprint density at radius 3 is 2.54 bits per heavy atom. The Morgan fingerprint density at radius 2 is 1.92 bits per heavy atom. The van der Waals surface area contributed by atoms with Gasteiger partial charge in [-0.25, -0.2) is 9.37 Å². The Kier molecular flexibility index (Phi) is 8.17. The average Bonchev–Trinajstić information content (AvgIpc) is 2.90. The predicted octanol–water partition coefficient (Wildman–Crippen LogP) is 5.82. The Hall–Kier alpha value is -3.64. The van der Waals surface area contributed by atoms with Crippen LogP contribution in [0.1, 0.15) is 57.6 Å². The molecule has 10 heteroatoms. The monoisotopic (exact) mass is 553 g/mol. The molecule has 0 amide bonds. The minimum absolute atomic E-state index is 0.0414. The number of benzene rings is 1. The van der Waals surface area contributed by atoms with Crippen molar-refractivity contribution >= 4 is 34.0 Å². The second-order valence-electron chi connectivity index (χ2n) is 10.8.